The second-order valence-corrected chi connectivity index (χ2v) is 6.86. The Kier molecular flexibility index (Phi) is 5.64. The van der Waals surface area contributed by atoms with Gasteiger partial charge in [0.05, 0.1) is 10.7 Å². The van der Waals surface area contributed by atoms with Crippen molar-refractivity contribution in [1.82, 2.24) is 10.2 Å². The molecule has 0 bridgehead atoms. The molecular formula is C16H11BrN4O4S. The second-order valence-electron chi connectivity index (χ2n) is 5.02. The zero-order chi connectivity index (χ0) is 18.5. The van der Waals surface area contributed by atoms with Gasteiger partial charge in [-0.1, -0.05) is 27.7 Å². The molecule has 2 aromatic carbocycles. The van der Waals surface area contributed by atoms with Gasteiger partial charge in [-0.05, 0) is 36.4 Å². The number of non-ortho nitro benzene ring substituents is 1. The van der Waals surface area contributed by atoms with Crippen LogP contribution in [-0.4, -0.2) is 26.8 Å². The molecule has 1 heterocycles. The van der Waals surface area contributed by atoms with Gasteiger partial charge in [-0.2, -0.15) is 0 Å². The molecule has 0 aliphatic carbocycles. The number of amides is 1. The number of nitro groups is 1. The van der Waals surface area contributed by atoms with E-state index in [-0.39, 0.29) is 22.6 Å². The number of aromatic nitrogens is 2. The van der Waals surface area contributed by atoms with Crippen molar-refractivity contribution in [2.75, 3.05) is 11.1 Å². The van der Waals surface area contributed by atoms with Gasteiger partial charge in [0, 0.05) is 27.9 Å². The summed E-state index contributed by atoms with van der Waals surface area (Å²) < 4.78 is 6.47. The Morgan fingerprint density at radius 1 is 1.15 bits per heavy atom. The molecule has 132 valence electrons. The van der Waals surface area contributed by atoms with Crippen LogP contribution in [0.3, 0.4) is 0 Å². The molecule has 1 N–H and O–H groups in total. The molecule has 10 heteroatoms. The summed E-state index contributed by atoms with van der Waals surface area (Å²) in [7, 11) is 0. The van der Waals surface area contributed by atoms with Gasteiger partial charge < -0.3 is 9.73 Å². The van der Waals surface area contributed by atoms with E-state index in [9.17, 15) is 14.9 Å². The number of carbonyl (C=O) groups is 1. The highest BCUT2D eigenvalue weighted by Crippen LogP contribution is 2.24. The van der Waals surface area contributed by atoms with Crippen molar-refractivity contribution >= 4 is 45.0 Å². The first-order valence-electron chi connectivity index (χ1n) is 7.28. The van der Waals surface area contributed by atoms with Crippen LogP contribution in [0.25, 0.3) is 11.5 Å². The Morgan fingerprint density at radius 2 is 1.85 bits per heavy atom. The first-order chi connectivity index (χ1) is 12.5. The normalized spacial score (nSPS) is 10.5. The van der Waals surface area contributed by atoms with Gasteiger partial charge in [0.15, 0.2) is 0 Å². The third kappa shape index (κ3) is 4.67. The van der Waals surface area contributed by atoms with Gasteiger partial charge in [-0.3, -0.25) is 14.9 Å². The van der Waals surface area contributed by atoms with Crippen LogP contribution in [0.2, 0.25) is 0 Å². The maximum absolute atomic E-state index is 12.0. The van der Waals surface area contributed by atoms with Gasteiger partial charge in [0.25, 0.3) is 10.9 Å². The summed E-state index contributed by atoms with van der Waals surface area (Å²) in [5, 5.41) is 21.4. The smallest absolute Gasteiger partial charge is 0.277 e. The standard InChI is InChI=1S/C16H11BrN4O4S/c17-11-3-1-10(2-4-11)15-19-20-16(25-15)26-9-14(22)18-12-5-7-13(8-6-12)21(23)24/h1-8H,9H2,(H,18,22). The maximum atomic E-state index is 12.0. The van der Waals surface area contributed by atoms with Gasteiger partial charge in [-0.25, -0.2) is 0 Å². The highest BCUT2D eigenvalue weighted by Gasteiger charge is 2.12. The van der Waals surface area contributed by atoms with Crippen LogP contribution >= 0.6 is 27.7 Å². The molecule has 0 aliphatic heterocycles. The van der Waals surface area contributed by atoms with E-state index in [0.717, 1.165) is 21.8 Å². The van der Waals surface area contributed by atoms with Crippen LogP contribution in [0.15, 0.2) is 62.6 Å². The minimum atomic E-state index is -0.500. The quantitative estimate of drug-likeness (QED) is 0.352. The van der Waals surface area contributed by atoms with Gasteiger partial charge in [0.2, 0.25) is 11.8 Å². The molecule has 8 nitrogen and oxygen atoms in total. The summed E-state index contributed by atoms with van der Waals surface area (Å²) in [5.74, 6) is 0.155. The molecular weight excluding hydrogens is 424 g/mol. The summed E-state index contributed by atoms with van der Waals surface area (Å²) >= 11 is 4.46. The van der Waals surface area contributed by atoms with Crippen molar-refractivity contribution in [2.45, 2.75) is 5.22 Å². The zero-order valence-electron chi connectivity index (χ0n) is 13.1. The lowest BCUT2D eigenvalue weighted by Gasteiger charge is -2.03. The van der Waals surface area contributed by atoms with E-state index >= 15 is 0 Å². The molecule has 3 aromatic rings. The van der Waals surface area contributed by atoms with E-state index < -0.39 is 4.92 Å². The van der Waals surface area contributed by atoms with E-state index in [1.807, 2.05) is 24.3 Å². The number of carbonyl (C=O) groups excluding carboxylic acids is 1. The number of rotatable bonds is 6. The average Bonchev–Trinajstić information content (AvgIpc) is 3.10. The molecule has 0 aliphatic rings. The van der Waals surface area contributed by atoms with Gasteiger partial charge in [0.1, 0.15) is 0 Å². The molecule has 0 radical (unpaired) electrons. The Morgan fingerprint density at radius 3 is 2.50 bits per heavy atom. The van der Waals surface area contributed by atoms with E-state index in [1.54, 1.807) is 0 Å². The predicted octanol–water partition coefficient (Wildman–Crippen LogP) is 4.14. The fourth-order valence-electron chi connectivity index (χ4n) is 1.97. The van der Waals surface area contributed by atoms with Crippen LogP contribution in [0.1, 0.15) is 0 Å². The van der Waals surface area contributed by atoms with Crippen LogP contribution < -0.4 is 5.32 Å². The monoisotopic (exact) mass is 434 g/mol. The highest BCUT2D eigenvalue weighted by atomic mass is 79.9. The Balaban J connectivity index is 1.54. The number of nitrogens with zero attached hydrogens (tertiary/aromatic N) is 3. The third-order valence-electron chi connectivity index (χ3n) is 3.19. The molecule has 26 heavy (non-hydrogen) atoms. The van der Waals surface area contributed by atoms with E-state index in [1.165, 1.54) is 24.3 Å². The lowest BCUT2D eigenvalue weighted by atomic mass is 10.2. The fraction of sp³-hybridized carbons (Fsp3) is 0.0625. The summed E-state index contributed by atoms with van der Waals surface area (Å²) in [4.78, 5) is 22.1. The first kappa shape index (κ1) is 18.1. The topological polar surface area (TPSA) is 111 Å². The minimum absolute atomic E-state index is 0.0382. The van der Waals surface area contributed by atoms with Crippen LogP contribution in [0.4, 0.5) is 11.4 Å². The first-order valence-corrected chi connectivity index (χ1v) is 9.06. The lowest BCUT2D eigenvalue weighted by molar-refractivity contribution is -0.384. The number of hydrogen-bond acceptors (Lipinski definition) is 7. The van der Waals surface area contributed by atoms with Crippen molar-refractivity contribution in [1.29, 1.82) is 0 Å². The lowest BCUT2D eigenvalue weighted by Crippen LogP contribution is -2.13. The number of benzene rings is 2. The van der Waals surface area contributed by atoms with Crippen LogP contribution in [-0.2, 0) is 4.79 Å². The van der Waals surface area contributed by atoms with Crippen molar-refractivity contribution in [3.63, 3.8) is 0 Å². The molecule has 0 unspecified atom stereocenters. The molecule has 0 spiro atoms. The fourth-order valence-corrected chi connectivity index (χ4v) is 2.80. The molecule has 3 rings (SSSR count). The Labute approximate surface area is 160 Å². The molecule has 0 atom stereocenters. The van der Waals surface area contributed by atoms with E-state index in [0.29, 0.717) is 11.6 Å². The second kappa shape index (κ2) is 8.11. The number of anilines is 1. The summed E-state index contributed by atoms with van der Waals surface area (Å²) in [6, 6.07) is 13.0. The summed E-state index contributed by atoms with van der Waals surface area (Å²) in [6.45, 7) is 0. The number of nitro benzene ring substituents is 1. The molecule has 1 aromatic heterocycles. The van der Waals surface area contributed by atoms with Crippen molar-refractivity contribution < 1.29 is 14.1 Å². The predicted molar refractivity (Wildman–Crippen MR) is 99.9 cm³/mol. The average molecular weight is 435 g/mol. The van der Waals surface area contributed by atoms with E-state index in [4.69, 9.17) is 4.42 Å². The molecule has 1 amide bonds. The number of nitrogens with one attached hydrogen (secondary N) is 1. The number of halogens is 1. The van der Waals surface area contributed by atoms with Crippen molar-refractivity contribution in [2.24, 2.45) is 0 Å². The minimum Gasteiger partial charge on any atom is -0.411 e. The SMILES string of the molecule is O=C(CSc1nnc(-c2ccc(Br)cc2)o1)Nc1ccc([N+](=O)[O-])cc1. The Hall–Kier alpha value is -2.72. The number of hydrogen-bond donors (Lipinski definition) is 1. The van der Waals surface area contributed by atoms with Gasteiger partial charge in [-0.15, -0.1) is 10.2 Å². The van der Waals surface area contributed by atoms with Crippen LogP contribution in [0, 0.1) is 10.1 Å². The van der Waals surface area contributed by atoms with Crippen LogP contribution in [0.5, 0.6) is 0 Å². The Bertz CT molecular complexity index is 928. The molecule has 0 saturated heterocycles. The highest BCUT2D eigenvalue weighted by molar-refractivity contribution is 9.10. The zero-order valence-corrected chi connectivity index (χ0v) is 15.5. The molecule has 0 saturated carbocycles. The number of thioether (sulfide) groups is 1. The third-order valence-corrected chi connectivity index (χ3v) is 4.53. The summed E-state index contributed by atoms with van der Waals surface area (Å²) in [5.41, 5.74) is 1.22. The van der Waals surface area contributed by atoms with Gasteiger partial charge >= 0.3 is 0 Å². The van der Waals surface area contributed by atoms with E-state index in [2.05, 4.69) is 31.4 Å². The largest absolute Gasteiger partial charge is 0.411 e. The molecule has 0 fully saturated rings. The summed E-state index contributed by atoms with van der Waals surface area (Å²) in [6.07, 6.45) is 0. The van der Waals surface area contributed by atoms with Crippen molar-refractivity contribution in [3.8, 4) is 11.5 Å². The van der Waals surface area contributed by atoms with Crippen molar-refractivity contribution in [3.05, 3.63) is 63.1 Å². The maximum Gasteiger partial charge on any atom is 0.277 e.